The van der Waals surface area contributed by atoms with Gasteiger partial charge in [-0.25, -0.2) is 4.99 Å². The van der Waals surface area contributed by atoms with Crippen LogP contribution in [0.4, 0.5) is 0 Å². The molecule has 4 nitrogen and oxygen atoms in total. The monoisotopic (exact) mass is 438 g/mol. The molecule has 0 atom stereocenters. The maximum atomic E-state index is 4.67. The van der Waals surface area contributed by atoms with Crippen LogP contribution in [-0.4, -0.2) is 43.6 Å². The summed E-state index contributed by atoms with van der Waals surface area (Å²) < 4.78 is 0. The number of thiophene rings is 1. The van der Waals surface area contributed by atoms with Crippen LogP contribution in [0.15, 0.2) is 16.4 Å². The molecule has 1 aromatic heterocycles. The van der Waals surface area contributed by atoms with Gasteiger partial charge in [0.05, 0.1) is 6.54 Å². The normalized spacial score (nSPS) is 11.4. The lowest BCUT2D eigenvalue weighted by atomic mass is 10.3. The van der Waals surface area contributed by atoms with Crippen LogP contribution in [0.25, 0.3) is 0 Å². The molecule has 6 heteroatoms. The zero-order chi connectivity index (χ0) is 15.5. The molecule has 22 heavy (non-hydrogen) atoms. The van der Waals surface area contributed by atoms with E-state index in [1.54, 1.807) is 11.3 Å². The highest BCUT2D eigenvalue weighted by Gasteiger charge is 2.03. The number of rotatable bonds is 9. The highest BCUT2D eigenvalue weighted by molar-refractivity contribution is 14.0. The van der Waals surface area contributed by atoms with Crippen LogP contribution < -0.4 is 10.6 Å². The number of hydrogen-bond donors (Lipinski definition) is 2. The van der Waals surface area contributed by atoms with Gasteiger partial charge in [-0.2, -0.15) is 0 Å². The van der Waals surface area contributed by atoms with Gasteiger partial charge < -0.3 is 15.5 Å². The van der Waals surface area contributed by atoms with Crippen molar-refractivity contribution in [1.82, 2.24) is 15.5 Å². The number of aliphatic imine (C=N–C) groups is 1. The summed E-state index contributed by atoms with van der Waals surface area (Å²) in [5.74, 6) is 0.915. The average molecular weight is 438 g/mol. The smallest absolute Gasteiger partial charge is 0.191 e. The van der Waals surface area contributed by atoms with E-state index in [0.29, 0.717) is 0 Å². The number of aryl methyl sites for hydroxylation is 1. The third-order valence-electron chi connectivity index (χ3n) is 3.40. The van der Waals surface area contributed by atoms with Crippen molar-refractivity contribution in [2.24, 2.45) is 4.99 Å². The highest BCUT2D eigenvalue weighted by Crippen LogP contribution is 2.16. The van der Waals surface area contributed by atoms with Crippen molar-refractivity contribution in [2.45, 2.75) is 40.7 Å². The molecule has 1 heterocycles. The molecule has 0 amide bonds. The maximum Gasteiger partial charge on any atom is 0.191 e. The molecule has 0 bridgehead atoms. The van der Waals surface area contributed by atoms with Gasteiger partial charge in [0.2, 0.25) is 0 Å². The third-order valence-corrected chi connectivity index (χ3v) is 4.41. The molecule has 0 radical (unpaired) electrons. The van der Waals surface area contributed by atoms with Gasteiger partial charge >= 0.3 is 0 Å². The Labute approximate surface area is 156 Å². The van der Waals surface area contributed by atoms with Gasteiger partial charge in [-0.15, -0.1) is 35.3 Å². The highest BCUT2D eigenvalue weighted by atomic mass is 127. The zero-order valence-electron chi connectivity index (χ0n) is 14.3. The molecule has 0 aliphatic carbocycles. The molecule has 1 rings (SSSR count). The molecule has 1 aromatic rings. The summed E-state index contributed by atoms with van der Waals surface area (Å²) in [5.41, 5.74) is 1.33. The summed E-state index contributed by atoms with van der Waals surface area (Å²) in [6, 6.07) is 2.15. The fraction of sp³-hybridized carbons (Fsp3) is 0.688. The lowest BCUT2D eigenvalue weighted by molar-refractivity contribution is 0.293. The Kier molecular flexibility index (Phi) is 12.9. The molecule has 0 aromatic carbocycles. The van der Waals surface area contributed by atoms with Gasteiger partial charge in [-0.1, -0.05) is 13.8 Å². The number of nitrogens with zero attached hydrogens (tertiary/aromatic N) is 2. The molecular formula is C16H31IN4S. The van der Waals surface area contributed by atoms with E-state index in [1.165, 1.54) is 23.4 Å². The Balaban J connectivity index is 0.00000441. The van der Waals surface area contributed by atoms with E-state index in [-0.39, 0.29) is 24.0 Å². The Hall–Kier alpha value is -0.340. The molecule has 128 valence electrons. The average Bonchev–Trinajstić information content (AvgIpc) is 2.89. The van der Waals surface area contributed by atoms with Crippen molar-refractivity contribution in [3.63, 3.8) is 0 Å². The van der Waals surface area contributed by atoms with Crippen LogP contribution in [0.5, 0.6) is 0 Å². The number of likely N-dealkylation sites (N-methyl/N-ethyl adjacent to an activating group) is 1. The van der Waals surface area contributed by atoms with Crippen molar-refractivity contribution in [2.75, 3.05) is 32.7 Å². The largest absolute Gasteiger partial charge is 0.357 e. The minimum atomic E-state index is 0. The first-order chi connectivity index (χ1) is 10.2. The first kappa shape index (κ1) is 21.7. The van der Waals surface area contributed by atoms with Gasteiger partial charge in [0, 0.05) is 24.5 Å². The molecule has 0 fully saturated rings. The lowest BCUT2D eigenvalue weighted by Gasteiger charge is -2.20. The number of nitrogens with one attached hydrogen (secondary N) is 2. The fourth-order valence-electron chi connectivity index (χ4n) is 2.14. The van der Waals surface area contributed by atoms with Crippen LogP contribution in [0.3, 0.4) is 0 Å². The van der Waals surface area contributed by atoms with E-state index >= 15 is 0 Å². The molecule has 0 saturated carbocycles. The Bertz CT molecular complexity index is 420. The Morgan fingerprint density at radius 3 is 2.55 bits per heavy atom. The number of halogens is 1. The van der Waals surface area contributed by atoms with E-state index in [1.807, 2.05) is 0 Å². The van der Waals surface area contributed by atoms with Gasteiger partial charge in [0.15, 0.2) is 5.96 Å². The fourth-order valence-corrected chi connectivity index (χ4v) is 2.96. The summed E-state index contributed by atoms with van der Waals surface area (Å²) in [6.07, 6.45) is 1.21. The van der Waals surface area contributed by atoms with Gasteiger partial charge in [0.25, 0.3) is 0 Å². The summed E-state index contributed by atoms with van der Waals surface area (Å²) in [6.45, 7) is 14.6. The van der Waals surface area contributed by atoms with Gasteiger partial charge in [-0.05, 0) is 50.4 Å². The van der Waals surface area contributed by atoms with Crippen LogP contribution >= 0.6 is 35.3 Å². The van der Waals surface area contributed by atoms with Crippen LogP contribution in [0.2, 0.25) is 0 Å². The van der Waals surface area contributed by atoms with E-state index in [4.69, 9.17) is 0 Å². The SMILES string of the molecule is CCCN(CC)CCNC(=NCc1sccc1C)NCC.I. The van der Waals surface area contributed by atoms with Crippen LogP contribution in [0.1, 0.15) is 37.6 Å². The molecule has 0 aliphatic rings. The maximum absolute atomic E-state index is 4.67. The minimum Gasteiger partial charge on any atom is -0.357 e. The van der Waals surface area contributed by atoms with Crippen molar-refractivity contribution >= 4 is 41.3 Å². The summed E-state index contributed by atoms with van der Waals surface area (Å²) in [7, 11) is 0. The van der Waals surface area contributed by atoms with Crippen molar-refractivity contribution in [3.8, 4) is 0 Å². The van der Waals surface area contributed by atoms with E-state index in [0.717, 1.165) is 38.7 Å². The predicted molar refractivity (Wildman–Crippen MR) is 110 cm³/mol. The topological polar surface area (TPSA) is 39.7 Å². The second-order valence-corrected chi connectivity index (χ2v) is 6.08. The standard InChI is InChI=1S/C16H30N4S.HI/c1-5-10-20(7-3)11-9-18-16(17-6-2)19-13-15-14(4)8-12-21-15;/h8,12H,5-7,9-11,13H2,1-4H3,(H2,17,18,19);1H. The molecule has 0 aliphatic heterocycles. The van der Waals surface area contributed by atoms with Crippen LogP contribution in [-0.2, 0) is 6.54 Å². The summed E-state index contributed by atoms with van der Waals surface area (Å²) >= 11 is 1.78. The molecule has 0 spiro atoms. The number of hydrogen-bond acceptors (Lipinski definition) is 3. The second kappa shape index (κ2) is 13.1. The third kappa shape index (κ3) is 8.33. The van der Waals surface area contributed by atoms with E-state index in [9.17, 15) is 0 Å². The van der Waals surface area contributed by atoms with Crippen molar-refractivity contribution in [1.29, 1.82) is 0 Å². The Morgan fingerprint density at radius 2 is 2.00 bits per heavy atom. The van der Waals surface area contributed by atoms with E-state index in [2.05, 4.69) is 59.7 Å². The summed E-state index contributed by atoms with van der Waals surface area (Å²) in [4.78, 5) is 8.47. The quantitative estimate of drug-likeness (QED) is 0.353. The predicted octanol–water partition coefficient (Wildman–Crippen LogP) is 3.46. The van der Waals surface area contributed by atoms with Gasteiger partial charge in [0.1, 0.15) is 0 Å². The van der Waals surface area contributed by atoms with Crippen molar-refractivity contribution < 1.29 is 0 Å². The molecule has 0 unspecified atom stereocenters. The van der Waals surface area contributed by atoms with Crippen molar-refractivity contribution in [3.05, 3.63) is 21.9 Å². The van der Waals surface area contributed by atoms with Gasteiger partial charge in [-0.3, -0.25) is 0 Å². The minimum absolute atomic E-state index is 0. The molecule has 0 saturated heterocycles. The molecular weight excluding hydrogens is 407 g/mol. The van der Waals surface area contributed by atoms with E-state index < -0.39 is 0 Å². The Morgan fingerprint density at radius 1 is 1.23 bits per heavy atom. The first-order valence-electron chi connectivity index (χ1n) is 7.98. The second-order valence-electron chi connectivity index (χ2n) is 5.08. The molecule has 2 N–H and O–H groups in total. The zero-order valence-corrected chi connectivity index (χ0v) is 17.5. The van der Waals surface area contributed by atoms with Crippen LogP contribution in [0, 0.1) is 6.92 Å². The number of guanidine groups is 1. The summed E-state index contributed by atoms with van der Waals surface area (Å²) in [5, 5.41) is 8.87. The first-order valence-corrected chi connectivity index (χ1v) is 8.86. The lowest BCUT2D eigenvalue weighted by Crippen LogP contribution is -2.41.